The van der Waals surface area contributed by atoms with Crippen molar-refractivity contribution < 1.29 is 9.47 Å². The van der Waals surface area contributed by atoms with Gasteiger partial charge in [0.25, 0.3) is 0 Å². The zero-order valence-corrected chi connectivity index (χ0v) is 11.7. The maximum atomic E-state index is 5.47. The lowest BCUT2D eigenvalue weighted by molar-refractivity contribution is 0.0909. The Morgan fingerprint density at radius 1 is 1.26 bits per heavy atom. The number of aromatic nitrogens is 1. The Morgan fingerprint density at radius 3 is 2.95 bits per heavy atom. The van der Waals surface area contributed by atoms with Gasteiger partial charge in [0, 0.05) is 33.0 Å². The minimum absolute atomic E-state index is 0.612. The van der Waals surface area contributed by atoms with E-state index in [0.717, 1.165) is 26.3 Å². The Kier molecular flexibility index (Phi) is 5.39. The Bertz CT molecular complexity index is 508. The molecule has 0 bridgehead atoms. The van der Waals surface area contributed by atoms with Crippen LogP contribution in [0.15, 0.2) is 30.5 Å². The van der Waals surface area contributed by atoms with Crippen LogP contribution < -0.4 is 5.32 Å². The molecule has 2 aromatic rings. The van der Waals surface area contributed by atoms with Crippen LogP contribution in [0.4, 0.5) is 0 Å². The number of fused-ring (bicyclic) bond motifs is 1. The topological polar surface area (TPSA) is 35.4 Å². The molecule has 0 aliphatic heterocycles. The number of nitrogens with zero attached hydrogens (tertiary/aromatic N) is 1. The molecule has 4 nitrogen and oxygen atoms in total. The van der Waals surface area contributed by atoms with Crippen molar-refractivity contribution in [3.8, 4) is 0 Å². The summed E-state index contributed by atoms with van der Waals surface area (Å²) in [6.45, 7) is 5.83. The van der Waals surface area contributed by atoms with Gasteiger partial charge < -0.3 is 19.4 Å². The summed E-state index contributed by atoms with van der Waals surface area (Å²) in [4.78, 5) is 0. The molecule has 0 fully saturated rings. The summed E-state index contributed by atoms with van der Waals surface area (Å²) in [5.74, 6) is 0. The van der Waals surface area contributed by atoms with Gasteiger partial charge in [0.2, 0.25) is 0 Å². The van der Waals surface area contributed by atoms with Gasteiger partial charge in [-0.25, -0.2) is 0 Å². The van der Waals surface area contributed by atoms with Crippen LogP contribution in [0.5, 0.6) is 0 Å². The normalized spacial score (nSPS) is 11.3. The third-order valence-corrected chi connectivity index (χ3v) is 3.08. The quantitative estimate of drug-likeness (QED) is 0.742. The lowest BCUT2D eigenvalue weighted by Gasteiger charge is -2.08. The van der Waals surface area contributed by atoms with E-state index in [-0.39, 0.29) is 0 Å². The van der Waals surface area contributed by atoms with E-state index < -0.39 is 0 Å². The van der Waals surface area contributed by atoms with E-state index in [1.807, 2.05) is 6.92 Å². The van der Waals surface area contributed by atoms with Crippen molar-refractivity contribution in [3.05, 3.63) is 36.0 Å². The molecule has 0 amide bonds. The van der Waals surface area contributed by atoms with Crippen molar-refractivity contribution in [2.24, 2.45) is 0 Å². The van der Waals surface area contributed by atoms with Crippen LogP contribution in [-0.4, -0.2) is 31.4 Å². The van der Waals surface area contributed by atoms with Gasteiger partial charge in [-0.1, -0.05) is 12.1 Å². The monoisotopic (exact) mass is 262 g/mol. The molecule has 0 aliphatic rings. The first-order valence-corrected chi connectivity index (χ1v) is 6.70. The highest BCUT2D eigenvalue weighted by molar-refractivity contribution is 5.80. The number of hydrogen-bond donors (Lipinski definition) is 1. The molecule has 1 heterocycles. The minimum Gasteiger partial charge on any atom is -0.383 e. The first-order valence-electron chi connectivity index (χ1n) is 6.70. The molecule has 0 unspecified atom stereocenters. The third kappa shape index (κ3) is 3.80. The third-order valence-electron chi connectivity index (χ3n) is 3.08. The molecule has 0 aliphatic carbocycles. The molecule has 2 rings (SSSR count). The molecule has 1 aromatic heterocycles. The average Bonchev–Trinajstić information content (AvgIpc) is 2.84. The Labute approximate surface area is 114 Å². The number of hydrogen-bond acceptors (Lipinski definition) is 3. The number of methoxy groups -OCH3 is 1. The van der Waals surface area contributed by atoms with Crippen molar-refractivity contribution in [3.63, 3.8) is 0 Å². The maximum absolute atomic E-state index is 5.47. The average molecular weight is 262 g/mol. The standard InChI is InChI=1S/C15H22N2O2/c1-3-19-12-17-8-6-14-5-4-13(10-15(14)17)11-16-7-9-18-2/h4-6,8,10,16H,3,7,9,11-12H2,1-2H3. The van der Waals surface area contributed by atoms with Crippen molar-refractivity contribution in [2.45, 2.75) is 20.2 Å². The molecule has 0 saturated heterocycles. The molecular formula is C15H22N2O2. The molecule has 0 radical (unpaired) electrons. The summed E-state index contributed by atoms with van der Waals surface area (Å²) in [5.41, 5.74) is 2.50. The smallest absolute Gasteiger partial charge is 0.122 e. The molecule has 0 spiro atoms. The van der Waals surface area contributed by atoms with Crippen molar-refractivity contribution in [2.75, 3.05) is 26.9 Å². The van der Waals surface area contributed by atoms with Gasteiger partial charge in [-0.05, 0) is 30.0 Å². The van der Waals surface area contributed by atoms with Crippen LogP contribution in [0, 0.1) is 0 Å². The van der Waals surface area contributed by atoms with Gasteiger partial charge in [0.05, 0.1) is 12.1 Å². The van der Waals surface area contributed by atoms with Crippen LogP contribution in [0.1, 0.15) is 12.5 Å². The molecular weight excluding hydrogens is 240 g/mol. The second kappa shape index (κ2) is 7.28. The van der Waals surface area contributed by atoms with Crippen LogP contribution in [-0.2, 0) is 22.7 Å². The van der Waals surface area contributed by atoms with E-state index in [1.54, 1.807) is 7.11 Å². The van der Waals surface area contributed by atoms with Crippen LogP contribution in [0.2, 0.25) is 0 Å². The van der Waals surface area contributed by atoms with E-state index in [1.165, 1.54) is 16.5 Å². The fourth-order valence-corrected chi connectivity index (χ4v) is 2.05. The van der Waals surface area contributed by atoms with E-state index in [0.29, 0.717) is 6.73 Å². The predicted octanol–water partition coefficient (Wildman–Crippen LogP) is 2.37. The highest BCUT2D eigenvalue weighted by Gasteiger charge is 2.02. The number of rotatable bonds is 8. The number of nitrogens with one attached hydrogen (secondary N) is 1. The van der Waals surface area contributed by atoms with Crippen molar-refractivity contribution in [1.29, 1.82) is 0 Å². The second-order valence-corrected chi connectivity index (χ2v) is 4.47. The molecule has 19 heavy (non-hydrogen) atoms. The summed E-state index contributed by atoms with van der Waals surface area (Å²) in [6, 6.07) is 8.66. The zero-order valence-electron chi connectivity index (χ0n) is 11.7. The molecule has 1 N–H and O–H groups in total. The summed E-state index contributed by atoms with van der Waals surface area (Å²) in [5, 5.41) is 4.61. The number of benzene rings is 1. The first kappa shape index (κ1) is 14.1. The summed E-state index contributed by atoms with van der Waals surface area (Å²) < 4.78 is 12.6. The van der Waals surface area contributed by atoms with E-state index in [4.69, 9.17) is 9.47 Å². The lowest BCUT2D eigenvalue weighted by atomic mass is 10.1. The largest absolute Gasteiger partial charge is 0.383 e. The Hall–Kier alpha value is -1.36. The SMILES string of the molecule is CCOCn1ccc2ccc(CNCCOC)cc21. The zero-order chi connectivity index (χ0) is 13.5. The van der Waals surface area contributed by atoms with Crippen LogP contribution >= 0.6 is 0 Å². The van der Waals surface area contributed by atoms with Gasteiger partial charge in [0.1, 0.15) is 6.73 Å². The molecule has 1 aromatic carbocycles. The van der Waals surface area contributed by atoms with Crippen molar-refractivity contribution in [1.82, 2.24) is 9.88 Å². The summed E-state index contributed by atoms with van der Waals surface area (Å²) >= 11 is 0. The highest BCUT2D eigenvalue weighted by Crippen LogP contribution is 2.17. The first-order chi connectivity index (χ1) is 9.35. The fraction of sp³-hybridized carbons (Fsp3) is 0.467. The van der Waals surface area contributed by atoms with E-state index in [9.17, 15) is 0 Å². The maximum Gasteiger partial charge on any atom is 0.122 e. The van der Waals surface area contributed by atoms with Gasteiger partial charge in [-0.2, -0.15) is 0 Å². The van der Waals surface area contributed by atoms with Gasteiger partial charge in [-0.3, -0.25) is 0 Å². The van der Waals surface area contributed by atoms with Crippen molar-refractivity contribution >= 4 is 10.9 Å². The predicted molar refractivity (Wildman–Crippen MR) is 77.1 cm³/mol. The molecule has 4 heteroatoms. The summed E-state index contributed by atoms with van der Waals surface area (Å²) in [7, 11) is 1.72. The van der Waals surface area contributed by atoms with Gasteiger partial charge >= 0.3 is 0 Å². The fourth-order valence-electron chi connectivity index (χ4n) is 2.05. The summed E-state index contributed by atoms with van der Waals surface area (Å²) in [6.07, 6.45) is 2.07. The van der Waals surface area contributed by atoms with Crippen LogP contribution in [0.25, 0.3) is 10.9 Å². The molecule has 0 atom stereocenters. The second-order valence-electron chi connectivity index (χ2n) is 4.47. The van der Waals surface area contributed by atoms with E-state index >= 15 is 0 Å². The molecule has 0 saturated carbocycles. The Morgan fingerprint density at radius 2 is 2.16 bits per heavy atom. The van der Waals surface area contributed by atoms with Gasteiger partial charge in [0.15, 0.2) is 0 Å². The van der Waals surface area contributed by atoms with Gasteiger partial charge in [-0.15, -0.1) is 0 Å². The Balaban J connectivity index is 2.05. The number of ether oxygens (including phenoxy) is 2. The minimum atomic E-state index is 0.612. The van der Waals surface area contributed by atoms with E-state index in [2.05, 4.69) is 40.3 Å². The molecule has 104 valence electrons. The highest BCUT2D eigenvalue weighted by atomic mass is 16.5. The van der Waals surface area contributed by atoms with Crippen LogP contribution in [0.3, 0.4) is 0 Å². The lowest BCUT2D eigenvalue weighted by Crippen LogP contribution is -2.18.